The van der Waals surface area contributed by atoms with E-state index in [9.17, 15) is 18.9 Å². The first-order chi connectivity index (χ1) is 7.85. The van der Waals surface area contributed by atoms with Crippen LogP contribution < -0.4 is 14.3 Å². The summed E-state index contributed by atoms with van der Waals surface area (Å²) in [6.07, 6.45) is 0.777. The predicted molar refractivity (Wildman–Crippen MR) is 64.2 cm³/mol. The third kappa shape index (κ3) is 6.95. The molecule has 0 fully saturated rings. The number of benzene rings is 1. The number of hydrogen-bond acceptors (Lipinski definition) is 6. The molecule has 1 rings (SSSR count). The van der Waals surface area contributed by atoms with Crippen molar-refractivity contribution >= 4 is 52.9 Å². The predicted octanol–water partition coefficient (Wildman–Crippen LogP) is 0.909. The van der Waals surface area contributed by atoms with Gasteiger partial charge in [0.05, 0.1) is 6.26 Å². The van der Waals surface area contributed by atoms with Gasteiger partial charge in [-0.1, -0.05) is 32.4 Å². The van der Waals surface area contributed by atoms with Crippen molar-refractivity contribution in [3.63, 3.8) is 0 Å². The van der Waals surface area contributed by atoms with Crippen LogP contribution in [0.1, 0.15) is 0 Å². The SMILES string of the molecule is C=COP(=O)(CP(=O)([O-])[O-])Oc1ccccc1.[Ca+2]. The molecule has 18 heavy (non-hydrogen) atoms. The van der Waals surface area contributed by atoms with E-state index in [0.29, 0.717) is 0 Å². The maximum atomic E-state index is 11.9. The van der Waals surface area contributed by atoms with Gasteiger partial charge in [-0.05, 0) is 12.1 Å². The van der Waals surface area contributed by atoms with Crippen LogP contribution in [0.15, 0.2) is 43.2 Å². The maximum absolute atomic E-state index is 11.9. The molecule has 0 aliphatic rings. The van der Waals surface area contributed by atoms with E-state index in [-0.39, 0.29) is 43.5 Å². The molecule has 6 nitrogen and oxygen atoms in total. The first kappa shape index (κ1) is 18.2. The fraction of sp³-hybridized carbons (Fsp3) is 0.111. The van der Waals surface area contributed by atoms with Gasteiger partial charge in [-0.3, -0.25) is 0 Å². The van der Waals surface area contributed by atoms with Crippen molar-refractivity contribution < 1.29 is 28.0 Å². The van der Waals surface area contributed by atoms with E-state index in [4.69, 9.17) is 4.52 Å². The molecule has 1 aromatic carbocycles. The van der Waals surface area contributed by atoms with Crippen LogP contribution >= 0.6 is 15.2 Å². The third-order valence-corrected chi connectivity index (χ3v) is 5.30. The summed E-state index contributed by atoms with van der Waals surface area (Å²) in [4.78, 5) is 21.2. The molecule has 1 atom stereocenters. The molecule has 0 aromatic heterocycles. The molecule has 9 heteroatoms. The van der Waals surface area contributed by atoms with Crippen LogP contribution in [0, 0.1) is 0 Å². The van der Waals surface area contributed by atoms with E-state index in [1.54, 1.807) is 18.2 Å². The summed E-state index contributed by atoms with van der Waals surface area (Å²) in [5.74, 6) is -1.08. The van der Waals surface area contributed by atoms with E-state index >= 15 is 0 Å². The Kier molecular flexibility index (Phi) is 7.79. The van der Waals surface area contributed by atoms with Crippen molar-refractivity contribution in [1.29, 1.82) is 0 Å². The van der Waals surface area contributed by atoms with Crippen LogP contribution in [-0.4, -0.2) is 43.6 Å². The Hall–Kier alpha value is 0.200. The van der Waals surface area contributed by atoms with Gasteiger partial charge in [-0.25, -0.2) is 4.57 Å². The van der Waals surface area contributed by atoms with Crippen LogP contribution in [-0.2, 0) is 13.7 Å². The number of hydrogen-bond donors (Lipinski definition) is 0. The average Bonchev–Trinajstić information content (AvgIpc) is 2.15. The first-order valence-corrected chi connectivity index (χ1v) is 7.94. The second-order valence-electron chi connectivity index (χ2n) is 3.04. The fourth-order valence-electron chi connectivity index (χ4n) is 1.05. The second-order valence-corrected chi connectivity index (χ2v) is 7.01. The summed E-state index contributed by atoms with van der Waals surface area (Å²) in [6, 6.07) is 7.81. The quantitative estimate of drug-likeness (QED) is 0.439. The Morgan fingerprint density at radius 1 is 1.22 bits per heavy atom. The van der Waals surface area contributed by atoms with Crippen molar-refractivity contribution in [2.45, 2.75) is 0 Å². The Balaban J connectivity index is 0.00000289. The molecule has 1 unspecified atom stereocenters. The summed E-state index contributed by atoms with van der Waals surface area (Å²) >= 11 is 0. The Labute approximate surface area is 135 Å². The van der Waals surface area contributed by atoms with E-state index in [1.165, 1.54) is 12.1 Å². The summed E-state index contributed by atoms with van der Waals surface area (Å²) in [5, 5.41) is 0. The van der Waals surface area contributed by atoms with E-state index in [0.717, 1.165) is 6.26 Å². The van der Waals surface area contributed by atoms with Crippen molar-refractivity contribution in [2.24, 2.45) is 0 Å². The molecular weight excluding hydrogens is 306 g/mol. The minimum Gasteiger partial charge on any atom is -0.810 e. The maximum Gasteiger partial charge on any atom is 2.00 e. The Morgan fingerprint density at radius 2 is 1.78 bits per heavy atom. The van der Waals surface area contributed by atoms with Gasteiger partial charge in [-0.15, -0.1) is 0 Å². The minimum atomic E-state index is -5.01. The molecule has 94 valence electrons. The average molecular weight is 316 g/mol. The molecule has 1 aromatic rings. The van der Waals surface area contributed by atoms with Crippen molar-refractivity contribution in [1.82, 2.24) is 0 Å². The Morgan fingerprint density at radius 3 is 2.22 bits per heavy atom. The largest absolute Gasteiger partial charge is 2.00 e. The van der Waals surface area contributed by atoms with Gasteiger partial charge in [0.1, 0.15) is 11.7 Å². The van der Waals surface area contributed by atoms with Crippen molar-refractivity contribution in [3.05, 3.63) is 43.2 Å². The summed E-state index contributed by atoms with van der Waals surface area (Å²) in [7, 11) is -9.08. The Bertz CT molecular complexity index is 471. The molecule has 0 N–H and O–H groups in total. The monoisotopic (exact) mass is 316 g/mol. The van der Waals surface area contributed by atoms with Gasteiger partial charge in [0.15, 0.2) is 0 Å². The number of rotatable bonds is 6. The van der Waals surface area contributed by atoms with E-state index < -0.39 is 21.1 Å². The molecule has 0 heterocycles. The molecule has 0 radical (unpaired) electrons. The zero-order chi connectivity index (χ0) is 12.9. The fourth-order valence-corrected chi connectivity index (χ4v) is 3.96. The third-order valence-electron chi connectivity index (χ3n) is 1.57. The molecule has 0 amide bonds. The van der Waals surface area contributed by atoms with Gasteiger partial charge in [0.2, 0.25) is 0 Å². The number of para-hydroxylation sites is 1. The van der Waals surface area contributed by atoms with Crippen molar-refractivity contribution in [3.8, 4) is 5.75 Å². The molecule has 0 saturated carbocycles. The molecule has 0 spiro atoms. The van der Waals surface area contributed by atoms with Crippen LogP contribution in [0.25, 0.3) is 0 Å². The van der Waals surface area contributed by atoms with Crippen LogP contribution in [0.3, 0.4) is 0 Å². The van der Waals surface area contributed by atoms with Gasteiger partial charge < -0.3 is 23.4 Å². The molecular formula is C9H10CaO6P2. The minimum absolute atomic E-state index is 0. The summed E-state index contributed by atoms with van der Waals surface area (Å²) in [6.45, 7) is 3.15. The van der Waals surface area contributed by atoms with E-state index in [2.05, 4.69) is 11.1 Å². The van der Waals surface area contributed by atoms with Crippen LogP contribution in [0.2, 0.25) is 0 Å². The molecule has 0 aliphatic carbocycles. The van der Waals surface area contributed by atoms with Crippen molar-refractivity contribution in [2.75, 3.05) is 5.90 Å². The standard InChI is InChI=1S/C9H12O6P2.Ca/c1-2-14-17(13,8-16(10,11)12)15-9-6-4-3-5-7-9;/h2-7H,1,8H2,(H2,10,11,12);/q;+2/p-2. The molecule has 0 saturated heterocycles. The zero-order valence-electron chi connectivity index (χ0n) is 9.43. The molecule has 0 aliphatic heterocycles. The normalized spacial score (nSPS) is 13.9. The second kappa shape index (κ2) is 7.71. The van der Waals surface area contributed by atoms with Gasteiger partial charge in [0, 0.05) is 0 Å². The van der Waals surface area contributed by atoms with Crippen LogP contribution in [0.4, 0.5) is 0 Å². The first-order valence-electron chi connectivity index (χ1n) is 4.49. The van der Waals surface area contributed by atoms with E-state index in [1.807, 2.05) is 0 Å². The summed E-state index contributed by atoms with van der Waals surface area (Å²) in [5.41, 5.74) is 0. The van der Waals surface area contributed by atoms with Gasteiger partial charge >= 0.3 is 45.3 Å². The zero-order valence-corrected chi connectivity index (χ0v) is 13.4. The molecule has 0 bridgehead atoms. The summed E-state index contributed by atoms with van der Waals surface area (Å²) < 4.78 is 32.0. The smallest absolute Gasteiger partial charge is 0.810 e. The van der Waals surface area contributed by atoms with Gasteiger partial charge in [0.25, 0.3) is 0 Å². The van der Waals surface area contributed by atoms with Gasteiger partial charge in [-0.2, -0.15) is 0 Å². The topological polar surface area (TPSA) is 98.7 Å². The van der Waals surface area contributed by atoms with Crippen LogP contribution in [0.5, 0.6) is 5.75 Å².